The zero-order valence-electron chi connectivity index (χ0n) is 14.4. The molecule has 0 aliphatic carbocycles. The zero-order valence-corrected chi connectivity index (χ0v) is 16.8. The molecule has 144 valence electrons. The summed E-state index contributed by atoms with van der Waals surface area (Å²) in [7, 11) is -3.83. The van der Waals surface area contributed by atoms with Crippen LogP contribution in [0.5, 0.6) is 0 Å². The van der Waals surface area contributed by atoms with Crippen molar-refractivity contribution in [3.8, 4) is 0 Å². The van der Waals surface area contributed by atoms with E-state index in [1.165, 1.54) is 37.3 Å². The van der Waals surface area contributed by atoms with Crippen LogP contribution >= 0.6 is 23.2 Å². The van der Waals surface area contributed by atoms with E-state index >= 15 is 0 Å². The minimum absolute atomic E-state index is 0.110. The Morgan fingerprint density at radius 2 is 1.74 bits per heavy atom. The van der Waals surface area contributed by atoms with E-state index in [0.29, 0.717) is 0 Å². The van der Waals surface area contributed by atoms with Crippen LogP contribution in [0.4, 0.5) is 11.4 Å². The number of rotatable bonds is 6. The van der Waals surface area contributed by atoms with Gasteiger partial charge in [0.25, 0.3) is 5.91 Å². The maximum Gasteiger partial charge on any atom is 0.250 e. The minimum atomic E-state index is -3.83. The standard InChI is InChI=1S/C17H17Cl2N3O4S/c1-10(17(24)21-15-6-4-3-5-12(15)16(20)23)22(27(2,25)26)11-7-8-13(18)14(19)9-11/h3-10H,1-2H3,(H2,20,23)(H,21,24). The van der Waals surface area contributed by atoms with Gasteiger partial charge < -0.3 is 11.1 Å². The van der Waals surface area contributed by atoms with Crippen LogP contribution in [0.15, 0.2) is 42.5 Å². The number of nitrogens with two attached hydrogens (primary N) is 1. The van der Waals surface area contributed by atoms with Gasteiger partial charge in [-0.3, -0.25) is 13.9 Å². The topological polar surface area (TPSA) is 110 Å². The molecular weight excluding hydrogens is 413 g/mol. The third kappa shape index (κ3) is 4.91. The molecule has 0 spiro atoms. The van der Waals surface area contributed by atoms with Crippen molar-refractivity contribution in [1.29, 1.82) is 0 Å². The Morgan fingerprint density at radius 3 is 2.30 bits per heavy atom. The normalized spacial score (nSPS) is 12.3. The van der Waals surface area contributed by atoms with Gasteiger partial charge in [-0.15, -0.1) is 0 Å². The number of para-hydroxylation sites is 1. The van der Waals surface area contributed by atoms with Crippen molar-refractivity contribution >= 4 is 56.4 Å². The first kappa shape index (κ1) is 21.0. The van der Waals surface area contributed by atoms with Crippen molar-refractivity contribution in [3.63, 3.8) is 0 Å². The van der Waals surface area contributed by atoms with Crippen molar-refractivity contribution in [2.75, 3.05) is 15.9 Å². The molecule has 2 amide bonds. The van der Waals surface area contributed by atoms with Gasteiger partial charge in [0.05, 0.1) is 33.2 Å². The summed E-state index contributed by atoms with van der Waals surface area (Å²) < 4.78 is 25.5. The van der Waals surface area contributed by atoms with E-state index in [1.54, 1.807) is 12.1 Å². The number of amides is 2. The van der Waals surface area contributed by atoms with E-state index in [0.717, 1.165) is 10.6 Å². The number of hydrogen-bond acceptors (Lipinski definition) is 4. The van der Waals surface area contributed by atoms with E-state index in [2.05, 4.69) is 5.32 Å². The predicted molar refractivity (Wildman–Crippen MR) is 107 cm³/mol. The predicted octanol–water partition coefficient (Wildman–Crippen LogP) is 2.89. The molecule has 7 nitrogen and oxygen atoms in total. The van der Waals surface area contributed by atoms with E-state index in [-0.39, 0.29) is 27.0 Å². The highest BCUT2D eigenvalue weighted by Gasteiger charge is 2.30. The fraction of sp³-hybridized carbons (Fsp3) is 0.176. The number of anilines is 2. The summed E-state index contributed by atoms with van der Waals surface area (Å²) >= 11 is 11.8. The maximum absolute atomic E-state index is 12.7. The van der Waals surface area contributed by atoms with Crippen molar-refractivity contribution in [1.82, 2.24) is 0 Å². The van der Waals surface area contributed by atoms with Crippen LogP contribution in [0.25, 0.3) is 0 Å². The van der Waals surface area contributed by atoms with Crippen molar-refractivity contribution < 1.29 is 18.0 Å². The van der Waals surface area contributed by atoms with Gasteiger partial charge in [0.1, 0.15) is 6.04 Å². The van der Waals surface area contributed by atoms with Crippen molar-refractivity contribution in [2.45, 2.75) is 13.0 Å². The molecule has 1 unspecified atom stereocenters. The van der Waals surface area contributed by atoms with Gasteiger partial charge >= 0.3 is 0 Å². The lowest BCUT2D eigenvalue weighted by molar-refractivity contribution is -0.116. The van der Waals surface area contributed by atoms with Gasteiger partial charge in [0, 0.05) is 0 Å². The van der Waals surface area contributed by atoms with Crippen molar-refractivity contribution in [2.24, 2.45) is 5.73 Å². The second kappa shape index (κ2) is 8.16. The Kier molecular flexibility index (Phi) is 6.35. The zero-order chi connectivity index (χ0) is 20.4. The lowest BCUT2D eigenvalue weighted by atomic mass is 10.1. The van der Waals surface area contributed by atoms with Crippen LogP contribution in [-0.4, -0.2) is 32.5 Å². The van der Waals surface area contributed by atoms with Crippen LogP contribution in [0, 0.1) is 0 Å². The van der Waals surface area contributed by atoms with Gasteiger partial charge in [0.15, 0.2) is 0 Å². The molecule has 2 rings (SSSR count). The molecule has 0 heterocycles. The van der Waals surface area contributed by atoms with E-state index in [1.807, 2.05) is 0 Å². The van der Waals surface area contributed by atoms with Crippen LogP contribution in [-0.2, 0) is 14.8 Å². The van der Waals surface area contributed by atoms with E-state index in [9.17, 15) is 18.0 Å². The second-order valence-electron chi connectivity index (χ2n) is 5.73. The summed E-state index contributed by atoms with van der Waals surface area (Å²) in [4.78, 5) is 24.2. The minimum Gasteiger partial charge on any atom is -0.366 e. The highest BCUT2D eigenvalue weighted by atomic mass is 35.5. The quantitative estimate of drug-likeness (QED) is 0.734. The number of primary amides is 1. The lowest BCUT2D eigenvalue weighted by Crippen LogP contribution is -2.45. The monoisotopic (exact) mass is 429 g/mol. The summed E-state index contributed by atoms with van der Waals surface area (Å²) in [6, 6.07) is 9.24. The number of hydrogen-bond donors (Lipinski definition) is 2. The Bertz CT molecular complexity index is 995. The largest absolute Gasteiger partial charge is 0.366 e. The molecule has 0 aliphatic rings. The van der Waals surface area contributed by atoms with E-state index in [4.69, 9.17) is 28.9 Å². The molecule has 0 bridgehead atoms. The van der Waals surface area contributed by atoms with Gasteiger partial charge in [-0.1, -0.05) is 35.3 Å². The molecule has 0 saturated heterocycles. The molecule has 0 radical (unpaired) electrons. The summed E-state index contributed by atoms with van der Waals surface area (Å²) in [5, 5.41) is 2.93. The van der Waals surface area contributed by atoms with Crippen LogP contribution in [0.1, 0.15) is 17.3 Å². The Balaban J connectivity index is 2.39. The molecule has 2 aromatic carbocycles. The van der Waals surface area contributed by atoms with Crippen molar-refractivity contribution in [3.05, 3.63) is 58.1 Å². The summed E-state index contributed by atoms with van der Waals surface area (Å²) in [6.07, 6.45) is 0.969. The Labute approximate surface area is 167 Å². The number of carbonyl (C=O) groups excluding carboxylic acids is 2. The molecule has 3 N–H and O–H groups in total. The lowest BCUT2D eigenvalue weighted by Gasteiger charge is -2.28. The average Bonchev–Trinajstić information content (AvgIpc) is 2.57. The summed E-state index contributed by atoms with van der Waals surface area (Å²) in [5.74, 6) is -1.37. The van der Waals surface area contributed by atoms with Crippen LogP contribution in [0.3, 0.4) is 0 Å². The summed E-state index contributed by atoms with van der Waals surface area (Å²) in [5.41, 5.74) is 5.77. The fourth-order valence-electron chi connectivity index (χ4n) is 2.48. The molecule has 0 saturated carbocycles. The Hall–Kier alpha value is -2.29. The average molecular weight is 430 g/mol. The molecule has 27 heavy (non-hydrogen) atoms. The van der Waals surface area contributed by atoms with Gasteiger partial charge in [-0.05, 0) is 37.3 Å². The smallest absolute Gasteiger partial charge is 0.250 e. The van der Waals surface area contributed by atoms with E-state index < -0.39 is 27.9 Å². The number of benzene rings is 2. The Morgan fingerprint density at radius 1 is 1.11 bits per heavy atom. The molecule has 2 aromatic rings. The number of sulfonamides is 1. The SMILES string of the molecule is CC(C(=O)Nc1ccccc1C(N)=O)N(c1ccc(Cl)c(Cl)c1)S(C)(=O)=O. The first-order valence-corrected chi connectivity index (χ1v) is 10.3. The third-order valence-corrected chi connectivity index (χ3v) is 5.68. The first-order chi connectivity index (χ1) is 12.5. The number of nitrogens with zero attached hydrogens (tertiary/aromatic N) is 1. The maximum atomic E-state index is 12.7. The number of nitrogens with one attached hydrogen (secondary N) is 1. The molecule has 1 atom stereocenters. The van der Waals surface area contributed by atoms with Crippen LogP contribution in [0.2, 0.25) is 10.0 Å². The highest BCUT2D eigenvalue weighted by molar-refractivity contribution is 7.92. The second-order valence-corrected chi connectivity index (χ2v) is 8.41. The van der Waals surface area contributed by atoms with Gasteiger partial charge in [0.2, 0.25) is 15.9 Å². The van der Waals surface area contributed by atoms with Gasteiger partial charge in [-0.25, -0.2) is 8.42 Å². The molecule has 10 heteroatoms. The van der Waals surface area contributed by atoms with Crippen LogP contribution < -0.4 is 15.4 Å². The fourth-order valence-corrected chi connectivity index (χ4v) is 3.93. The number of halogens is 2. The number of carbonyl (C=O) groups is 2. The summed E-state index contributed by atoms with van der Waals surface area (Å²) in [6.45, 7) is 1.41. The molecular formula is C17H17Cl2N3O4S. The van der Waals surface area contributed by atoms with Gasteiger partial charge in [-0.2, -0.15) is 0 Å². The third-order valence-electron chi connectivity index (χ3n) is 3.70. The first-order valence-electron chi connectivity index (χ1n) is 7.66. The highest BCUT2D eigenvalue weighted by Crippen LogP contribution is 2.30. The molecule has 0 aromatic heterocycles. The molecule has 0 fully saturated rings. The molecule has 0 aliphatic heterocycles.